The van der Waals surface area contributed by atoms with Gasteiger partial charge in [0.05, 0.1) is 5.69 Å². The van der Waals surface area contributed by atoms with E-state index in [0.717, 1.165) is 38.3 Å². The minimum atomic E-state index is -0.0518. The van der Waals surface area contributed by atoms with E-state index < -0.39 is 0 Å². The maximum absolute atomic E-state index is 12.3. The molecule has 0 radical (unpaired) electrons. The third-order valence-electron chi connectivity index (χ3n) is 4.14. The molecule has 0 saturated carbocycles. The standard InChI is InChI=1S/C14H25N5OS/c1-5-11-12(21-17-16-11)13(20)15-10-14(2,3)19-8-6-18(4)7-9-19/h5-10H2,1-4H3,(H,15,20). The highest BCUT2D eigenvalue weighted by atomic mass is 32.1. The molecule has 1 amide bonds. The normalized spacial score (nSPS) is 17.9. The number of nitrogens with zero attached hydrogens (tertiary/aromatic N) is 4. The smallest absolute Gasteiger partial charge is 0.265 e. The van der Waals surface area contributed by atoms with E-state index >= 15 is 0 Å². The van der Waals surface area contributed by atoms with Gasteiger partial charge in [-0.2, -0.15) is 0 Å². The summed E-state index contributed by atoms with van der Waals surface area (Å²) in [6, 6.07) is 0. The summed E-state index contributed by atoms with van der Waals surface area (Å²) in [4.78, 5) is 17.7. The van der Waals surface area contributed by atoms with Crippen LogP contribution in [-0.4, -0.2) is 70.6 Å². The van der Waals surface area contributed by atoms with E-state index in [4.69, 9.17) is 0 Å². The molecular weight excluding hydrogens is 286 g/mol. The summed E-state index contributed by atoms with van der Waals surface area (Å²) in [6.07, 6.45) is 0.737. The molecule has 0 atom stereocenters. The van der Waals surface area contributed by atoms with Crippen molar-refractivity contribution in [1.29, 1.82) is 0 Å². The van der Waals surface area contributed by atoms with Gasteiger partial charge in [0.25, 0.3) is 5.91 Å². The summed E-state index contributed by atoms with van der Waals surface area (Å²) in [6.45, 7) is 11.2. The highest BCUT2D eigenvalue weighted by molar-refractivity contribution is 7.08. The number of aryl methyl sites for hydroxylation is 1. The first-order chi connectivity index (χ1) is 9.94. The highest BCUT2D eigenvalue weighted by Crippen LogP contribution is 2.17. The van der Waals surface area contributed by atoms with E-state index in [1.54, 1.807) is 0 Å². The van der Waals surface area contributed by atoms with Crippen LogP contribution >= 0.6 is 11.5 Å². The van der Waals surface area contributed by atoms with Gasteiger partial charge in [-0.05, 0) is 38.8 Å². The van der Waals surface area contributed by atoms with E-state index in [0.29, 0.717) is 11.4 Å². The zero-order chi connectivity index (χ0) is 15.5. The predicted molar refractivity (Wildman–Crippen MR) is 84.8 cm³/mol. The third-order valence-corrected chi connectivity index (χ3v) is 4.90. The number of carbonyl (C=O) groups is 1. The summed E-state index contributed by atoms with van der Waals surface area (Å²) in [7, 11) is 2.15. The number of rotatable bonds is 5. The van der Waals surface area contributed by atoms with Gasteiger partial charge in [-0.15, -0.1) is 5.10 Å². The summed E-state index contributed by atoms with van der Waals surface area (Å²) < 4.78 is 3.87. The Morgan fingerprint density at radius 2 is 2.00 bits per heavy atom. The molecule has 1 N–H and O–H groups in total. The van der Waals surface area contributed by atoms with E-state index in [9.17, 15) is 4.79 Å². The second-order valence-corrected chi connectivity index (χ2v) is 6.94. The Hall–Kier alpha value is -1.05. The Labute approximate surface area is 130 Å². The van der Waals surface area contributed by atoms with Crippen molar-refractivity contribution in [3.8, 4) is 0 Å². The van der Waals surface area contributed by atoms with Crippen LogP contribution in [0.5, 0.6) is 0 Å². The largest absolute Gasteiger partial charge is 0.349 e. The molecule has 21 heavy (non-hydrogen) atoms. The van der Waals surface area contributed by atoms with Gasteiger partial charge in [0, 0.05) is 38.3 Å². The average Bonchev–Trinajstić information content (AvgIpc) is 2.94. The van der Waals surface area contributed by atoms with E-state index in [2.05, 4.69) is 45.6 Å². The van der Waals surface area contributed by atoms with Gasteiger partial charge >= 0.3 is 0 Å². The third kappa shape index (κ3) is 3.99. The first-order valence-corrected chi connectivity index (χ1v) is 8.24. The van der Waals surface area contributed by atoms with E-state index in [-0.39, 0.29) is 11.4 Å². The van der Waals surface area contributed by atoms with Gasteiger partial charge in [0.1, 0.15) is 4.88 Å². The molecule has 0 aromatic carbocycles. The fourth-order valence-corrected chi connectivity index (χ4v) is 3.18. The SMILES string of the molecule is CCc1nnsc1C(=O)NCC(C)(C)N1CCN(C)CC1. The minimum absolute atomic E-state index is 0.0403. The number of hydrogen-bond donors (Lipinski definition) is 1. The van der Waals surface area contributed by atoms with Gasteiger partial charge in [0.2, 0.25) is 0 Å². The Kier molecular flexibility index (Phi) is 5.29. The lowest BCUT2D eigenvalue weighted by molar-refractivity contribution is 0.0588. The molecule has 1 saturated heterocycles. The molecule has 6 nitrogen and oxygen atoms in total. The van der Waals surface area contributed by atoms with E-state index in [1.807, 2.05) is 6.92 Å². The van der Waals surface area contributed by atoms with Crippen LogP contribution in [0.1, 0.15) is 36.1 Å². The highest BCUT2D eigenvalue weighted by Gasteiger charge is 2.30. The minimum Gasteiger partial charge on any atom is -0.349 e. The van der Waals surface area contributed by atoms with Crippen molar-refractivity contribution in [1.82, 2.24) is 24.7 Å². The molecule has 1 aliphatic heterocycles. The quantitative estimate of drug-likeness (QED) is 0.874. The lowest BCUT2D eigenvalue weighted by atomic mass is 10.0. The van der Waals surface area contributed by atoms with Crippen molar-refractivity contribution >= 4 is 17.4 Å². The van der Waals surface area contributed by atoms with Crippen LogP contribution in [0.25, 0.3) is 0 Å². The Balaban J connectivity index is 1.90. The van der Waals surface area contributed by atoms with Crippen LogP contribution in [0, 0.1) is 0 Å². The first-order valence-electron chi connectivity index (χ1n) is 7.47. The zero-order valence-corrected chi connectivity index (χ0v) is 14.2. The Morgan fingerprint density at radius 3 is 2.62 bits per heavy atom. The molecule has 0 unspecified atom stereocenters. The fraction of sp³-hybridized carbons (Fsp3) is 0.786. The molecule has 0 bridgehead atoms. The topological polar surface area (TPSA) is 61.4 Å². The number of likely N-dealkylation sites (N-methyl/N-ethyl adjacent to an activating group) is 1. The molecule has 2 rings (SSSR count). The maximum Gasteiger partial charge on any atom is 0.265 e. The Morgan fingerprint density at radius 1 is 1.33 bits per heavy atom. The number of hydrogen-bond acceptors (Lipinski definition) is 6. The Bertz CT molecular complexity index is 479. The monoisotopic (exact) mass is 311 g/mol. The molecule has 1 aromatic rings. The number of amides is 1. The van der Waals surface area contributed by atoms with Gasteiger partial charge in [-0.1, -0.05) is 11.4 Å². The van der Waals surface area contributed by atoms with Crippen molar-refractivity contribution in [2.24, 2.45) is 0 Å². The van der Waals surface area contributed by atoms with Crippen LogP contribution in [0.3, 0.4) is 0 Å². The van der Waals surface area contributed by atoms with Gasteiger partial charge in [-0.25, -0.2) is 0 Å². The number of piperazine rings is 1. The van der Waals surface area contributed by atoms with Crippen molar-refractivity contribution in [3.63, 3.8) is 0 Å². The summed E-state index contributed by atoms with van der Waals surface area (Å²) in [5.41, 5.74) is 0.747. The van der Waals surface area contributed by atoms with Crippen molar-refractivity contribution in [3.05, 3.63) is 10.6 Å². The average molecular weight is 311 g/mol. The number of carbonyl (C=O) groups excluding carboxylic acids is 1. The molecule has 118 valence electrons. The van der Waals surface area contributed by atoms with Gasteiger partial charge < -0.3 is 10.2 Å². The zero-order valence-electron chi connectivity index (χ0n) is 13.3. The molecule has 1 aromatic heterocycles. The fourth-order valence-electron chi connectivity index (χ4n) is 2.51. The van der Waals surface area contributed by atoms with Crippen LogP contribution in [0.15, 0.2) is 0 Å². The molecule has 1 aliphatic rings. The van der Waals surface area contributed by atoms with Crippen LogP contribution in [-0.2, 0) is 6.42 Å². The predicted octanol–water partition coefficient (Wildman–Crippen LogP) is 0.856. The van der Waals surface area contributed by atoms with Crippen LogP contribution in [0.4, 0.5) is 0 Å². The van der Waals surface area contributed by atoms with Crippen molar-refractivity contribution < 1.29 is 4.79 Å². The van der Waals surface area contributed by atoms with Gasteiger partial charge in [-0.3, -0.25) is 9.69 Å². The lowest BCUT2D eigenvalue weighted by Gasteiger charge is -2.43. The molecular formula is C14H25N5OS. The molecule has 7 heteroatoms. The summed E-state index contributed by atoms with van der Waals surface area (Å²) in [5, 5.41) is 7.03. The molecule has 0 spiro atoms. The summed E-state index contributed by atoms with van der Waals surface area (Å²) in [5.74, 6) is -0.0518. The van der Waals surface area contributed by atoms with Crippen molar-refractivity contribution in [2.75, 3.05) is 39.8 Å². The first kappa shape index (κ1) is 16.3. The van der Waals surface area contributed by atoms with Crippen LogP contribution < -0.4 is 5.32 Å². The van der Waals surface area contributed by atoms with Gasteiger partial charge in [0.15, 0.2) is 0 Å². The second-order valence-electron chi connectivity index (χ2n) is 6.19. The molecule has 1 fully saturated rings. The maximum atomic E-state index is 12.3. The molecule has 0 aliphatic carbocycles. The van der Waals surface area contributed by atoms with Crippen molar-refractivity contribution in [2.45, 2.75) is 32.7 Å². The van der Waals surface area contributed by atoms with Crippen LogP contribution in [0.2, 0.25) is 0 Å². The number of aromatic nitrogens is 2. The second kappa shape index (κ2) is 6.81. The number of nitrogens with one attached hydrogen (secondary N) is 1. The summed E-state index contributed by atoms with van der Waals surface area (Å²) >= 11 is 1.18. The van der Waals surface area contributed by atoms with E-state index in [1.165, 1.54) is 11.5 Å². The lowest BCUT2D eigenvalue weighted by Crippen LogP contribution is -2.57. The molecule has 2 heterocycles.